The number of methoxy groups -OCH3 is 1. The number of rotatable bonds is 3. The van der Waals surface area contributed by atoms with Gasteiger partial charge in [-0.3, -0.25) is 9.78 Å². The standard InChI is InChI=1S/C23H22N4O3/c1-30-23(29)16-5-6-21(25-11-16)26-12-15-8-18(14-26)20-9-17(10-22(28)27(20)13-15)19-4-2-3-7-24-19/h2-7,9-11,15,18H,8,12-14H2,1H3/t15-,18+/m0/s1. The number of hydrogen-bond donors (Lipinski definition) is 0. The summed E-state index contributed by atoms with van der Waals surface area (Å²) in [7, 11) is 1.36. The molecule has 30 heavy (non-hydrogen) atoms. The van der Waals surface area contributed by atoms with Crippen molar-refractivity contribution >= 4 is 11.8 Å². The first-order chi connectivity index (χ1) is 14.6. The highest BCUT2D eigenvalue weighted by Crippen LogP contribution is 2.37. The van der Waals surface area contributed by atoms with E-state index in [0.29, 0.717) is 18.0 Å². The van der Waals surface area contributed by atoms with E-state index in [4.69, 9.17) is 4.74 Å². The molecule has 0 N–H and O–H groups in total. The van der Waals surface area contributed by atoms with E-state index in [-0.39, 0.29) is 17.4 Å². The Morgan fingerprint density at radius 3 is 2.73 bits per heavy atom. The number of fused-ring (bicyclic) bond motifs is 4. The van der Waals surface area contributed by atoms with Gasteiger partial charge in [-0.15, -0.1) is 0 Å². The molecule has 2 aliphatic rings. The normalized spacial score (nSPS) is 19.8. The van der Waals surface area contributed by atoms with E-state index in [9.17, 15) is 9.59 Å². The zero-order chi connectivity index (χ0) is 20.7. The molecule has 1 saturated heterocycles. The zero-order valence-corrected chi connectivity index (χ0v) is 16.7. The number of esters is 1. The van der Waals surface area contributed by atoms with Gasteiger partial charge in [-0.25, -0.2) is 9.78 Å². The number of hydrogen-bond acceptors (Lipinski definition) is 6. The predicted octanol–water partition coefficient (Wildman–Crippen LogP) is 2.72. The minimum Gasteiger partial charge on any atom is -0.465 e. The summed E-state index contributed by atoms with van der Waals surface area (Å²) < 4.78 is 6.68. The summed E-state index contributed by atoms with van der Waals surface area (Å²) in [6.07, 6.45) is 4.36. The number of pyridine rings is 3. The lowest BCUT2D eigenvalue weighted by Gasteiger charge is -2.43. The number of carbonyl (C=O) groups is 1. The average molecular weight is 402 g/mol. The Hall–Kier alpha value is -3.48. The molecular formula is C23H22N4O3. The first kappa shape index (κ1) is 18.5. The highest BCUT2D eigenvalue weighted by Gasteiger charge is 2.35. The number of carbonyl (C=O) groups excluding carboxylic acids is 1. The van der Waals surface area contributed by atoms with Crippen molar-refractivity contribution in [3.63, 3.8) is 0 Å². The van der Waals surface area contributed by atoms with Crippen LogP contribution in [0, 0.1) is 5.92 Å². The molecule has 0 saturated carbocycles. The maximum Gasteiger partial charge on any atom is 0.339 e. The number of piperidine rings is 1. The second-order valence-electron chi connectivity index (χ2n) is 7.93. The lowest BCUT2D eigenvalue weighted by atomic mass is 9.82. The van der Waals surface area contributed by atoms with Crippen molar-refractivity contribution < 1.29 is 9.53 Å². The lowest BCUT2D eigenvalue weighted by molar-refractivity contribution is 0.0600. The molecule has 3 aromatic rings. The fourth-order valence-electron chi connectivity index (χ4n) is 4.64. The van der Waals surface area contributed by atoms with E-state index >= 15 is 0 Å². The predicted molar refractivity (Wildman–Crippen MR) is 113 cm³/mol. The zero-order valence-electron chi connectivity index (χ0n) is 16.7. The van der Waals surface area contributed by atoms with Gasteiger partial charge in [-0.1, -0.05) is 6.07 Å². The second-order valence-corrected chi connectivity index (χ2v) is 7.93. The van der Waals surface area contributed by atoms with Crippen LogP contribution in [-0.4, -0.2) is 40.7 Å². The molecule has 7 nitrogen and oxygen atoms in total. The second kappa shape index (κ2) is 7.40. The smallest absolute Gasteiger partial charge is 0.339 e. The van der Waals surface area contributed by atoms with Crippen LogP contribution in [0.15, 0.2) is 59.7 Å². The van der Waals surface area contributed by atoms with Crippen LogP contribution in [0.3, 0.4) is 0 Å². The summed E-state index contributed by atoms with van der Waals surface area (Å²) in [6.45, 7) is 2.34. The number of aromatic nitrogens is 3. The van der Waals surface area contributed by atoms with Gasteiger partial charge in [0.15, 0.2) is 0 Å². The van der Waals surface area contributed by atoms with E-state index < -0.39 is 0 Å². The number of anilines is 1. The van der Waals surface area contributed by atoms with Crippen LogP contribution < -0.4 is 10.5 Å². The first-order valence-electron chi connectivity index (χ1n) is 10.1. The average Bonchev–Trinajstić information content (AvgIpc) is 2.79. The molecule has 3 aromatic heterocycles. The van der Waals surface area contributed by atoms with E-state index in [1.165, 1.54) is 7.11 Å². The number of ether oxygens (including phenoxy) is 1. The molecule has 0 amide bonds. The van der Waals surface area contributed by atoms with Crippen LogP contribution in [0.4, 0.5) is 5.82 Å². The molecule has 1 fully saturated rings. The first-order valence-corrected chi connectivity index (χ1v) is 10.1. The van der Waals surface area contributed by atoms with Crippen LogP contribution in [0.1, 0.15) is 28.4 Å². The molecule has 0 spiro atoms. The monoisotopic (exact) mass is 402 g/mol. The third kappa shape index (κ3) is 3.26. The fraction of sp³-hybridized carbons (Fsp3) is 0.304. The van der Waals surface area contributed by atoms with Gasteiger partial charge in [0.05, 0.1) is 18.4 Å². The maximum atomic E-state index is 12.8. The SMILES string of the molecule is COC(=O)c1ccc(N2C[C@@H]3C[C@H](C2)c2cc(-c4ccccn4)cc(=O)n2C3)nc1. The van der Waals surface area contributed by atoms with Crippen molar-refractivity contribution in [2.75, 3.05) is 25.1 Å². The van der Waals surface area contributed by atoms with Crippen molar-refractivity contribution in [3.05, 3.63) is 76.5 Å². The molecule has 7 heteroatoms. The quantitative estimate of drug-likeness (QED) is 0.627. The van der Waals surface area contributed by atoms with Gasteiger partial charge < -0.3 is 14.2 Å². The van der Waals surface area contributed by atoms with E-state index in [0.717, 1.165) is 42.3 Å². The van der Waals surface area contributed by atoms with Crippen molar-refractivity contribution in [1.82, 2.24) is 14.5 Å². The van der Waals surface area contributed by atoms with Crippen LogP contribution >= 0.6 is 0 Å². The minimum atomic E-state index is -0.389. The van der Waals surface area contributed by atoms with E-state index in [1.807, 2.05) is 28.8 Å². The Bertz CT molecular complexity index is 1140. The molecule has 5 rings (SSSR count). The summed E-state index contributed by atoms with van der Waals surface area (Å²) in [6, 6.07) is 13.1. The van der Waals surface area contributed by atoms with Gasteiger partial charge in [0, 0.05) is 55.3 Å². The van der Waals surface area contributed by atoms with Crippen LogP contribution in [0.5, 0.6) is 0 Å². The topological polar surface area (TPSA) is 77.3 Å². The van der Waals surface area contributed by atoms with Crippen molar-refractivity contribution in [3.8, 4) is 11.3 Å². The molecule has 0 aliphatic carbocycles. The van der Waals surface area contributed by atoms with Crippen LogP contribution in [0.2, 0.25) is 0 Å². The molecule has 2 atom stereocenters. The Morgan fingerprint density at radius 2 is 2.00 bits per heavy atom. The van der Waals surface area contributed by atoms with Gasteiger partial charge in [-0.2, -0.15) is 0 Å². The maximum absolute atomic E-state index is 12.8. The molecule has 0 radical (unpaired) electrons. The van der Waals surface area contributed by atoms with Gasteiger partial charge in [0.2, 0.25) is 0 Å². The molecule has 5 heterocycles. The third-order valence-electron chi connectivity index (χ3n) is 6.01. The summed E-state index contributed by atoms with van der Waals surface area (Å²) in [4.78, 5) is 35.6. The van der Waals surface area contributed by atoms with Crippen molar-refractivity contribution in [1.29, 1.82) is 0 Å². The van der Waals surface area contributed by atoms with Gasteiger partial charge >= 0.3 is 5.97 Å². The van der Waals surface area contributed by atoms with E-state index in [1.54, 1.807) is 24.5 Å². The van der Waals surface area contributed by atoms with Crippen molar-refractivity contribution in [2.45, 2.75) is 18.9 Å². The largest absolute Gasteiger partial charge is 0.465 e. The molecule has 2 aliphatic heterocycles. The summed E-state index contributed by atoms with van der Waals surface area (Å²) in [5.41, 5.74) is 3.22. The molecule has 0 unspecified atom stereocenters. The Kier molecular flexibility index (Phi) is 4.58. The minimum absolute atomic E-state index is 0.0388. The van der Waals surface area contributed by atoms with Crippen molar-refractivity contribution in [2.24, 2.45) is 5.92 Å². The Morgan fingerprint density at radius 1 is 1.10 bits per heavy atom. The van der Waals surface area contributed by atoms with Gasteiger partial charge in [-0.05, 0) is 42.7 Å². The summed E-state index contributed by atoms with van der Waals surface area (Å²) >= 11 is 0. The van der Waals surface area contributed by atoms with Crippen LogP contribution in [0.25, 0.3) is 11.3 Å². The molecule has 2 bridgehead atoms. The lowest BCUT2D eigenvalue weighted by Crippen LogP contribution is -2.47. The van der Waals surface area contributed by atoms with Crippen LogP contribution in [-0.2, 0) is 11.3 Å². The molecular weight excluding hydrogens is 380 g/mol. The highest BCUT2D eigenvalue weighted by atomic mass is 16.5. The van der Waals surface area contributed by atoms with Gasteiger partial charge in [0.25, 0.3) is 5.56 Å². The fourth-order valence-corrected chi connectivity index (χ4v) is 4.64. The third-order valence-corrected chi connectivity index (χ3v) is 6.01. The van der Waals surface area contributed by atoms with Gasteiger partial charge in [0.1, 0.15) is 5.82 Å². The highest BCUT2D eigenvalue weighted by molar-refractivity contribution is 5.89. The molecule has 0 aromatic carbocycles. The molecule has 152 valence electrons. The number of nitrogens with zero attached hydrogens (tertiary/aromatic N) is 4. The summed E-state index contributed by atoms with van der Waals surface area (Å²) in [5.74, 6) is 1.08. The summed E-state index contributed by atoms with van der Waals surface area (Å²) in [5, 5.41) is 0. The van der Waals surface area contributed by atoms with E-state index in [2.05, 4.69) is 20.9 Å². The Balaban J connectivity index is 1.46. The Labute approximate surface area is 174 Å².